The summed E-state index contributed by atoms with van der Waals surface area (Å²) in [5.41, 5.74) is 0.0336. The lowest BCUT2D eigenvalue weighted by atomic mass is 9.96. The maximum atomic E-state index is 12.5. The minimum atomic E-state index is 0.0336. The first-order valence-corrected chi connectivity index (χ1v) is 8.04. The summed E-state index contributed by atoms with van der Waals surface area (Å²) in [4.78, 5) is 18.9. The number of aromatic nitrogens is 2. The Morgan fingerprint density at radius 1 is 1.29 bits per heavy atom. The number of nitrogens with zero attached hydrogens (tertiary/aromatic N) is 3. The van der Waals surface area contributed by atoms with Crippen LogP contribution in [0.1, 0.15) is 46.6 Å². The summed E-state index contributed by atoms with van der Waals surface area (Å²) < 4.78 is 1.76. The van der Waals surface area contributed by atoms with E-state index in [9.17, 15) is 4.79 Å². The zero-order valence-corrected chi connectivity index (χ0v) is 13.7. The third kappa shape index (κ3) is 4.06. The van der Waals surface area contributed by atoms with Crippen LogP contribution in [0.3, 0.4) is 0 Å². The summed E-state index contributed by atoms with van der Waals surface area (Å²) in [6.45, 7) is 11.3. The number of anilines is 1. The van der Waals surface area contributed by atoms with Gasteiger partial charge in [-0.15, -0.1) is 0 Å². The van der Waals surface area contributed by atoms with Gasteiger partial charge in [0.05, 0.1) is 0 Å². The van der Waals surface area contributed by atoms with Gasteiger partial charge in [0.25, 0.3) is 5.56 Å². The van der Waals surface area contributed by atoms with Gasteiger partial charge in [-0.3, -0.25) is 4.79 Å². The van der Waals surface area contributed by atoms with Crippen LogP contribution < -0.4 is 15.8 Å². The van der Waals surface area contributed by atoms with Gasteiger partial charge in [-0.25, -0.2) is 4.98 Å². The highest BCUT2D eigenvalue weighted by Crippen LogP contribution is 2.19. The summed E-state index contributed by atoms with van der Waals surface area (Å²) in [5.74, 6) is 1.32. The van der Waals surface area contributed by atoms with E-state index >= 15 is 0 Å². The Balaban J connectivity index is 1.99. The Hall–Kier alpha value is -1.36. The Labute approximate surface area is 127 Å². The maximum Gasteiger partial charge on any atom is 0.293 e. The van der Waals surface area contributed by atoms with Crippen molar-refractivity contribution < 1.29 is 0 Å². The van der Waals surface area contributed by atoms with Gasteiger partial charge in [-0.1, -0.05) is 13.8 Å². The SMILES string of the molecule is CC(C)NCC1CCN(c2nccn(C(C)C)c2=O)CC1. The van der Waals surface area contributed by atoms with Gasteiger partial charge in [-0.05, 0) is 39.2 Å². The van der Waals surface area contributed by atoms with E-state index in [1.807, 2.05) is 13.8 Å². The molecular weight excluding hydrogens is 264 g/mol. The zero-order chi connectivity index (χ0) is 15.4. The molecule has 0 unspecified atom stereocenters. The Kier molecular flexibility index (Phi) is 5.39. The molecule has 0 radical (unpaired) electrons. The molecule has 0 bridgehead atoms. The first-order chi connectivity index (χ1) is 9.99. The fourth-order valence-corrected chi connectivity index (χ4v) is 2.79. The van der Waals surface area contributed by atoms with E-state index in [1.165, 1.54) is 0 Å². The van der Waals surface area contributed by atoms with Crippen LogP contribution in [-0.4, -0.2) is 35.2 Å². The highest BCUT2D eigenvalue weighted by molar-refractivity contribution is 5.36. The number of piperidine rings is 1. The Bertz CT molecular complexity index is 501. The van der Waals surface area contributed by atoms with Crippen LogP contribution in [0, 0.1) is 5.92 Å². The predicted molar refractivity (Wildman–Crippen MR) is 87.0 cm³/mol. The van der Waals surface area contributed by atoms with Crippen LogP contribution in [0.25, 0.3) is 0 Å². The van der Waals surface area contributed by atoms with Crippen LogP contribution in [0.5, 0.6) is 0 Å². The van der Waals surface area contributed by atoms with Crippen molar-refractivity contribution in [2.75, 3.05) is 24.5 Å². The molecule has 5 nitrogen and oxygen atoms in total. The van der Waals surface area contributed by atoms with E-state index < -0.39 is 0 Å². The van der Waals surface area contributed by atoms with Crippen LogP contribution in [0.2, 0.25) is 0 Å². The van der Waals surface area contributed by atoms with Crippen molar-refractivity contribution in [3.8, 4) is 0 Å². The van der Waals surface area contributed by atoms with Crippen LogP contribution >= 0.6 is 0 Å². The van der Waals surface area contributed by atoms with Crippen molar-refractivity contribution in [1.29, 1.82) is 0 Å². The average Bonchev–Trinajstić information content (AvgIpc) is 2.45. The monoisotopic (exact) mass is 292 g/mol. The fraction of sp³-hybridized carbons (Fsp3) is 0.750. The topological polar surface area (TPSA) is 50.2 Å². The molecule has 5 heteroatoms. The number of nitrogens with one attached hydrogen (secondary N) is 1. The molecule has 0 amide bonds. The van der Waals surface area contributed by atoms with Gasteiger partial charge in [0.1, 0.15) is 0 Å². The summed E-state index contributed by atoms with van der Waals surface area (Å²) in [5, 5.41) is 3.51. The lowest BCUT2D eigenvalue weighted by Crippen LogP contribution is -2.42. The molecule has 0 spiro atoms. The fourth-order valence-electron chi connectivity index (χ4n) is 2.79. The van der Waals surface area contributed by atoms with E-state index in [-0.39, 0.29) is 11.6 Å². The molecule has 0 aliphatic carbocycles. The molecular formula is C16H28N4O. The largest absolute Gasteiger partial charge is 0.352 e. The van der Waals surface area contributed by atoms with Gasteiger partial charge in [0.2, 0.25) is 0 Å². The van der Waals surface area contributed by atoms with Crippen molar-refractivity contribution in [3.05, 3.63) is 22.7 Å². The standard InChI is InChI=1S/C16H28N4O/c1-12(2)18-11-14-5-8-19(9-6-14)15-16(21)20(13(3)4)10-7-17-15/h7,10,12-14,18H,5-6,8-9,11H2,1-4H3. The Morgan fingerprint density at radius 3 is 2.52 bits per heavy atom. The molecule has 2 heterocycles. The van der Waals surface area contributed by atoms with Crippen LogP contribution in [-0.2, 0) is 0 Å². The Morgan fingerprint density at radius 2 is 1.95 bits per heavy atom. The van der Waals surface area contributed by atoms with Gasteiger partial charge >= 0.3 is 0 Å². The second kappa shape index (κ2) is 7.07. The molecule has 2 rings (SSSR count). The molecule has 0 aromatic carbocycles. The second-order valence-electron chi connectivity index (χ2n) is 6.55. The summed E-state index contributed by atoms with van der Waals surface area (Å²) in [6.07, 6.45) is 5.76. The lowest BCUT2D eigenvalue weighted by Gasteiger charge is -2.33. The molecule has 1 fully saturated rings. The van der Waals surface area contributed by atoms with E-state index in [1.54, 1.807) is 17.0 Å². The van der Waals surface area contributed by atoms with E-state index in [0.717, 1.165) is 32.5 Å². The van der Waals surface area contributed by atoms with E-state index in [4.69, 9.17) is 0 Å². The maximum absolute atomic E-state index is 12.5. The van der Waals surface area contributed by atoms with Crippen molar-refractivity contribution in [2.24, 2.45) is 5.92 Å². The van der Waals surface area contributed by atoms with Crippen LogP contribution in [0.4, 0.5) is 5.82 Å². The molecule has 118 valence electrons. The zero-order valence-electron chi connectivity index (χ0n) is 13.7. The van der Waals surface area contributed by atoms with Crippen molar-refractivity contribution >= 4 is 5.82 Å². The first kappa shape index (κ1) is 16.0. The number of rotatable bonds is 5. The van der Waals surface area contributed by atoms with Gasteiger partial charge in [0.15, 0.2) is 5.82 Å². The molecule has 1 aromatic heterocycles. The van der Waals surface area contributed by atoms with Crippen LogP contribution in [0.15, 0.2) is 17.2 Å². The predicted octanol–water partition coefficient (Wildman–Crippen LogP) is 2.04. The van der Waals surface area contributed by atoms with E-state index in [2.05, 4.69) is 29.0 Å². The smallest absolute Gasteiger partial charge is 0.293 e. The van der Waals surface area contributed by atoms with Gasteiger partial charge < -0.3 is 14.8 Å². The van der Waals surface area contributed by atoms with Crippen molar-refractivity contribution in [3.63, 3.8) is 0 Å². The number of hydrogen-bond donors (Lipinski definition) is 1. The highest BCUT2D eigenvalue weighted by Gasteiger charge is 2.22. The molecule has 1 aliphatic rings. The molecule has 0 atom stereocenters. The average molecular weight is 292 g/mol. The molecule has 1 aromatic rings. The normalized spacial score (nSPS) is 17.0. The molecule has 1 N–H and O–H groups in total. The highest BCUT2D eigenvalue weighted by atomic mass is 16.1. The minimum absolute atomic E-state index is 0.0336. The van der Waals surface area contributed by atoms with Gasteiger partial charge in [-0.2, -0.15) is 0 Å². The first-order valence-electron chi connectivity index (χ1n) is 8.04. The number of hydrogen-bond acceptors (Lipinski definition) is 4. The lowest BCUT2D eigenvalue weighted by molar-refractivity contribution is 0.369. The quantitative estimate of drug-likeness (QED) is 0.902. The third-order valence-electron chi connectivity index (χ3n) is 4.14. The second-order valence-corrected chi connectivity index (χ2v) is 6.55. The summed E-state index contributed by atoms with van der Waals surface area (Å²) >= 11 is 0. The van der Waals surface area contributed by atoms with Crippen molar-refractivity contribution in [2.45, 2.75) is 52.6 Å². The molecule has 1 aliphatic heterocycles. The van der Waals surface area contributed by atoms with E-state index in [0.29, 0.717) is 17.8 Å². The molecule has 1 saturated heterocycles. The summed E-state index contributed by atoms with van der Waals surface area (Å²) in [6, 6.07) is 0.712. The summed E-state index contributed by atoms with van der Waals surface area (Å²) in [7, 11) is 0. The third-order valence-corrected chi connectivity index (χ3v) is 4.14. The minimum Gasteiger partial charge on any atom is -0.352 e. The van der Waals surface area contributed by atoms with Crippen molar-refractivity contribution in [1.82, 2.24) is 14.9 Å². The molecule has 0 saturated carbocycles. The molecule has 21 heavy (non-hydrogen) atoms. The van der Waals surface area contributed by atoms with Gasteiger partial charge in [0, 0.05) is 37.6 Å².